The van der Waals surface area contributed by atoms with Gasteiger partial charge in [-0.3, -0.25) is 0 Å². The van der Waals surface area contributed by atoms with E-state index in [1.807, 2.05) is 37.3 Å². The van der Waals surface area contributed by atoms with Gasteiger partial charge in [0.2, 0.25) is 0 Å². The molecule has 24 heavy (non-hydrogen) atoms. The van der Waals surface area contributed by atoms with Crippen molar-refractivity contribution in [3.8, 4) is 16.9 Å². The lowest BCUT2D eigenvalue weighted by atomic mass is 9.97. The molecule has 0 spiro atoms. The Morgan fingerprint density at radius 3 is 2.54 bits per heavy atom. The van der Waals surface area contributed by atoms with Gasteiger partial charge in [0, 0.05) is 29.9 Å². The van der Waals surface area contributed by atoms with Crippen molar-refractivity contribution in [1.29, 1.82) is 0 Å². The van der Waals surface area contributed by atoms with Crippen molar-refractivity contribution < 1.29 is 14.6 Å². The predicted octanol–water partition coefficient (Wildman–Crippen LogP) is 3.75. The monoisotopic (exact) mass is 326 g/mol. The molecule has 1 fully saturated rings. The third kappa shape index (κ3) is 3.07. The van der Waals surface area contributed by atoms with E-state index >= 15 is 0 Å². The van der Waals surface area contributed by atoms with Crippen LogP contribution in [0.2, 0.25) is 0 Å². The second-order valence-electron chi connectivity index (χ2n) is 6.06. The average molecular weight is 326 g/mol. The number of aromatic nitrogens is 1. The van der Waals surface area contributed by atoms with Crippen LogP contribution in [-0.4, -0.2) is 36.3 Å². The number of hydrogen-bond donors (Lipinski definition) is 1. The van der Waals surface area contributed by atoms with Gasteiger partial charge in [0.1, 0.15) is 17.1 Å². The Bertz CT molecular complexity index is 752. The molecule has 0 saturated carbocycles. The summed E-state index contributed by atoms with van der Waals surface area (Å²) in [5.74, 6) is 0.280. The fraction of sp³-hybridized carbons (Fsp3) is 0.368. The zero-order chi connectivity index (χ0) is 17.1. The van der Waals surface area contributed by atoms with Gasteiger partial charge in [-0.2, -0.15) is 0 Å². The van der Waals surface area contributed by atoms with Gasteiger partial charge in [-0.05, 0) is 38.3 Å². The van der Waals surface area contributed by atoms with Crippen molar-refractivity contribution in [1.82, 2.24) is 4.98 Å². The lowest BCUT2D eigenvalue weighted by Crippen LogP contribution is -2.32. The van der Waals surface area contributed by atoms with Crippen molar-refractivity contribution in [2.75, 3.05) is 25.1 Å². The van der Waals surface area contributed by atoms with Crippen LogP contribution >= 0.6 is 0 Å². The largest absolute Gasteiger partial charge is 0.496 e. The Morgan fingerprint density at radius 1 is 1.17 bits per heavy atom. The fourth-order valence-corrected chi connectivity index (χ4v) is 3.28. The number of aromatic carboxylic acids is 1. The molecular weight excluding hydrogens is 304 g/mol. The molecule has 1 aromatic carbocycles. The van der Waals surface area contributed by atoms with Crippen LogP contribution in [0.15, 0.2) is 30.3 Å². The Labute approximate surface area is 141 Å². The standard InChI is InChI=1S/C19H22N2O3/c1-13-12-15(14-8-4-5-9-16(14)24-2)17(19(22)23)18(20-13)21-10-6-3-7-11-21/h4-5,8-9,12H,3,6-7,10-11H2,1-2H3,(H,22,23). The van der Waals surface area contributed by atoms with Gasteiger partial charge < -0.3 is 14.7 Å². The lowest BCUT2D eigenvalue weighted by molar-refractivity contribution is 0.0698. The number of pyridine rings is 1. The highest BCUT2D eigenvalue weighted by molar-refractivity contribution is 6.02. The van der Waals surface area contributed by atoms with Gasteiger partial charge in [0.05, 0.1) is 7.11 Å². The molecule has 0 bridgehead atoms. The molecule has 1 N–H and O–H groups in total. The second-order valence-corrected chi connectivity index (χ2v) is 6.06. The van der Waals surface area contributed by atoms with E-state index < -0.39 is 5.97 Å². The molecule has 2 heterocycles. The average Bonchev–Trinajstić information content (AvgIpc) is 2.61. The van der Waals surface area contributed by atoms with E-state index in [0.29, 0.717) is 17.1 Å². The summed E-state index contributed by atoms with van der Waals surface area (Å²) in [6.07, 6.45) is 3.32. The zero-order valence-electron chi connectivity index (χ0n) is 14.1. The van der Waals surface area contributed by atoms with Gasteiger partial charge in [-0.1, -0.05) is 18.2 Å². The summed E-state index contributed by atoms with van der Waals surface area (Å²) in [6.45, 7) is 3.60. The number of carboxylic acid groups (broad SMARTS) is 1. The van der Waals surface area contributed by atoms with Crippen molar-refractivity contribution in [3.63, 3.8) is 0 Å². The van der Waals surface area contributed by atoms with E-state index in [1.54, 1.807) is 7.11 Å². The highest BCUT2D eigenvalue weighted by Gasteiger charge is 2.25. The smallest absolute Gasteiger partial charge is 0.340 e. The van der Waals surface area contributed by atoms with Crippen LogP contribution in [0.1, 0.15) is 35.3 Å². The maximum absolute atomic E-state index is 12.1. The van der Waals surface area contributed by atoms with E-state index in [0.717, 1.165) is 37.2 Å². The van der Waals surface area contributed by atoms with Gasteiger partial charge in [0.15, 0.2) is 0 Å². The Balaban J connectivity index is 2.22. The van der Waals surface area contributed by atoms with E-state index in [9.17, 15) is 9.90 Å². The summed E-state index contributed by atoms with van der Waals surface area (Å²) >= 11 is 0. The van der Waals surface area contributed by atoms with Crippen LogP contribution in [0.3, 0.4) is 0 Å². The summed E-state index contributed by atoms with van der Waals surface area (Å²) in [7, 11) is 1.60. The Hall–Kier alpha value is -2.56. The third-order valence-electron chi connectivity index (χ3n) is 4.40. The molecule has 5 nitrogen and oxygen atoms in total. The lowest BCUT2D eigenvalue weighted by Gasteiger charge is -2.30. The number of anilines is 1. The van der Waals surface area contributed by atoms with Crippen LogP contribution in [-0.2, 0) is 0 Å². The normalized spacial score (nSPS) is 14.5. The van der Waals surface area contributed by atoms with Crippen LogP contribution in [0, 0.1) is 6.92 Å². The third-order valence-corrected chi connectivity index (χ3v) is 4.40. The van der Waals surface area contributed by atoms with Crippen LogP contribution in [0.25, 0.3) is 11.1 Å². The van der Waals surface area contributed by atoms with Crippen molar-refractivity contribution in [2.45, 2.75) is 26.2 Å². The molecule has 1 aliphatic rings. The molecule has 1 aliphatic heterocycles. The molecule has 0 amide bonds. The molecule has 1 saturated heterocycles. The minimum Gasteiger partial charge on any atom is -0.496 e. The van der Waals surface area contributed by atoms with Crippen molar-refractivity contribution >= 4 is 11.8 Å². The zero-order valence-corrected chi connectivity index (χ0v) is 14.1. The first kappa shape index (κ1) is 16.3. The summed E-state index contributed by atoms with van der Waals surface area (Å²) in [5.41, 5.74) is 2.50. The number of nitrogens with zero attached hydrogens (tertiary/aromatic N) is 2. The molecular formula is C19H22N2O3. The molecule has 0 unspecified atom stereocenters. The maximum Gasteiger partial charge on any atom is 0.340 e. The van der Waals surface area contributed by atoms with Gasteiger partial charge in [-0.25, -0.2) is 9.78 Å². The highest BCUT2D eigenvalue weighted by atomic mass is 16.5. The second kappa shape index (κ2) is 6.91. The van der Waals surface area contributed by atoms with E-state index in [1.165, 1.54) is 6.42 Å². The first-order valence-electron chi connectivity index (χ1n) is 8.25. The molecule has 1 aromatic heterocycles. The Kier molecular flexibility index (Phi) is 4.69. The molecule has 0 aliphatic carbocycles. The number of ether oxygens (including phenoxy) is 1. The van der Waals surface area contributed by atoms with Crippen LogP contribution in [0.4, 0.5) is 5.82 Å². The number of hydrogen-bond acceptors (Lipinski definition) is 4. The van der Waals surface area contributed by atoms with Crippen LogP contribution in [0.5, 0.6) is 5.75 Å². The first-order chi connectivity index (χ1) is 11.6. The van der Waals surface area contributed by atoms with E-state index in [2.05, 4.69) is 9.88 Å². The highest BCUT2D eigenvalue weighted by Crippen LogP contribution is 2.36. The van der Waals surface area contributed by atoms with Crippen molar-refractivity contribution in [3.05, 3.63) is 41.6 Å². The van der Waals surface area contributed by atoms with Gasteiger partial charge in [0.25, 0.3) is 0 Å². The van der Waals surface area contributed by atoms with Gasteiger partial charge >= 0.3 is 5.97 Å². The molecule has 0 atom stereocenters. The number of methoxy groups -OCH3 is 1. The number of benzene rings is 1. The number of carboxylic acids is 1. The quantitative estimate of drug-likeness (QED) is 0.927. The van der Waals surface area contributed by atoms with Gasteiger partial charge in [-0.15, -0.1) is 0 Å². The first-order valence-corrected chi connectivity index (χ1v) is 8.25. The van der Waals surface area contributed by atoms with Crippen LogP contribution < -0.4 is 9.64 Å². The molecule has 0 radical (unpaired) electrons. The summed E-state index contributed by atoms with van der Waals surface area (Å²) in [5, 5.41) is 9.89. The number of carbonyl (C=O) groups is 1. The predicted molar refractivity (Wildman–Crippen MR) is 94.0 cm³/mol. The Morgan fingerprint density at radius 2 is 1.88 bits per heavy atom. The molecule has 2 aromatic rings. The number of rotatable bonds is 4. The SMILES string of the molecule is COc1ccccc1-c1cc(C)nc(N2CCCCC2)c1C(=O)O. The summed E-state index contributed by atoms with van der Waals surface area (Å²) < 4.78 is 5.43. The minimum atomic E-state index is -0.955. The summed E-state index contributed by atoms with van der Waals surface area (Å²) in [4.78, 5) is 18.7. The summed E-state index contributed by atoms with van der Waals surface area (Å²) in [6, 6.07) is 9.33. The van der Waals surface area contributed by atoms with E-state index in [4.69, 9.17) is 4.74 Å². The topological polar surface area (TPSA) is 62.7 Å². The van der Waals surface area contributed by atoms with Crippen molar-refractivity contribution in [2.24, 2.45) is 0 Å². The fourth-order valence-electron chi connectivity index (χ4n) is 3.28. The number of aryl methyl sites for hydroxylation is 1. The van der Waals surface area contributed by atoms with E-state index in [-0.39, 0.29) is 5.56 Å². The maximum atomic E-state index is 12.1. The minimum absolute atomic E-state index is 0.256. The molecule has 5 heteroatoms. The number of para-hydroxylation sites is 1. The molecule has 126 valence electrons. The molecule has 3 rings (SSSR count). The number of piperidine rings is 1.